The molecule has 0 aromatic rings. The van der Waals surface area contributed by atoms with Gasteiger partial charge in [0.1, 0.15) is 0 Å². The van der Waals surface area contributed by atoms with Crippen molar-refractivity contribution >= 4 is 5.91 Å². The molecule has 1 aliphatic heterocycles. The van der Waals surface area contributed by atoms with Gasteiger partial charge in [0.05, 0.1) is 0 Å². The van der Waals surface area contributed by atoms with Crippen molar-refractivity contribution < 1.29 is 4.79 Å². The summed E-state index contributed by atoms with van der Waals surface area (Å²) in [4.78, 5) is 11.7. The molecule has 1 amide bonds. The Labute approximate surface area is 85.6 Å². The van der Waals surface area contributed by atoms with E-state index in [1.807, 2.05) is 0 Å². The Bertz CT molecular complexity index is 193. The van der Waals surface area contributed by atoms with Crippen molar-refractivity contribution in [1.82, 2.24) is 10.6 Å². The fraction of sp³-hybridized carbons (Fsp3) is 0.909. The molecule has 0 aromatic heterocycles. The van der Waals surface area contributed by atoms with E-state index in [9.17, 15) is 4.79 Å². The highest BCUT2D eigenvalue weighted by atomic mass is 16.1. The molecule has 1 saturated heterocycles. The molecule has 80 valence electrons. The van der Waals surface area contributed by atoms with E-state index in [4.69, 9.17) is 0 Å². The van der Waals surface area contributed by atoms with Gasteiger partial charge in [0.2, 0.25) is 5.91 Å². The van der Waals surface area contributed by atoms with Crippen LogP contribution in [0.15, 0.2) is 0 Å². The lowest BCUT2D eigenvalue weighted by Gasteiger charge is -2.14. The van der Waals surface area contributed by atoms with Gasteiger partial charge in [-0.3, -0.25) is 4.79 Å². The van der Waals surface area contributed by atoms with Crippen LogP contribution >= 0.6 is 0 Å². The van der Waals surface area contributed by atoms with Crippen molar-refractivity contribution in [3.05, 3.63) is 0 Å². The molecule has 0 radical (unpaired) electrons. The van der Waals surface area contributed by atoms with Crippen LogP contribution in [-0.2, 0) is 4.79 Å². The number of amides is 1. The maximum atomic E-state index is 11.7. The first-order valence-corrected chi connectivity index (χ1v) is 5.87. The Morgan fingerprint density at radius 2 is 2.00 bits per heavy atom. The Hall–Kier alpha value is -0.570. The van der Waals surface area contributed by atoms with Crippen LogP contribution in [-0.4, -0.2) is 25.0 Å². The quantitative estimate of drug-likeness (QED) is 0.708. The second-order valence-electron chi connectivity index (χ2n) is 4.52. The Morgan fingerprint density at radius 3 is 2.64 bits per heavy atom. The molecule has 0 aromatic carbocycles. The fourth-order valence-electron chi connectivity index (χ4n) is 2.49. The van der Waals surface area contributed by atoms with Crippen LogP contribution in [0.1, 0.15) is 38.5 Å². The summed E-state index contributed by atoms with van der Waals surface area (Å²) in [5.74, 6) is 0.604. The van der Waals surface area contributed by atoms with Crippen LogP contribution in [0.3, 0.4) is 0 Å². The summed E-state index contributed by atoms with van der Waals surface area (Å²) in [6, 6.07) is 0.528. The standard InChI is InChI=1S/C11H20N2O/c14-11(9-4-1-2-5-9)13-8-10-6-3-7-12-10/h9-10,12H,1-8H2,(H,13,14). The molecule has 0 bridgehead atoms. The molecule has 3 nitrogen and oxygen atoms in total. The van der Waals surface area contributed by atoms with Crippen LogP contribution in [0.2, 0.25) is 0 Å². The molecule has 1 unspecified atom stereocenters. The first-order chi connectivity index (χ1) is 6.86. The second kappa shape index (κ2) is 4.78. The first kappa shape index (κ1) is 9.97. The number of nitrogens with one attached hydrogen (secondary N) is 2. The molecule has 3 heteroatoms. The van der Waals surface area contributed by atoms with Crippen LogP contribution in [0.5, 0.6) is 0 Å². The summed E-state index contributed by atoms with van der Waals surface area (Å²) in [7, 11) is 0. The number of carbonyl (C=O) groups is 1. The summed E-state index contributed by atoms with van der Waals surface area (Å²) < 4.78 is 0. The zero-order chi connectivity index (χ0) is 9.80. The van der Waals surface area contributed by atoms with Crippen molar-refractivity contribution in [2.24, 2.45) is 5.92 Å². The van der Waals surface area contributed by atoms with Gasteiger partial charge in [0.25, 0.3) is 0 Å². The van der Waals surface area contributed by atoms with E-state index >= 15 is 0 Å². The topological polar surface area (TPSA) is 41.1 Å². The van der Waals surface area contributed by atoms with Crippen molar-refractivity contribution in [3.63, 3.8) is 0 Å². The Balaban J connectivity index is 1.66. The SMILES string of the molecule is O=C(NCC1CCCN1)C1CCCC1. The van der Waals surface area contributed by atoms with Crippen LogP contribution in [0.4, 0.5) is 0 Å². The number of rotatable bonds is 3. The van der Waals surface area contributed by atoms with Gasteiger partial charge in [0.15, 0.2) is 0 Å². The van der Waals surface area contributed by atoms with Crippen molar-refractivity contribution in [1.29, 1.82) is 0 Å². The van der Waals surface area contributed by atoms with E-state index in [-0.39, 0.29) is 5.91 Å². The van der Waals surface area contributed by atoms with Gasteiger partial charge < -0.3 is 10.6 Å². The van der Waals surface area contributed by atoms with E-state index in [2.05, 4.69) is 10.6 Å². The molecule has 2 rings (SSSR count). The largest absolute Gasteiger partial charge is 0.354 e. The number of carbonyl (C=O) groups excluding carboxylic acids is 1. The third-order valence-electron chi connectivity index (χ3n) is 3.41. The van der Waals surface area contributed by atoms with Crippen LogP contribution in [0.25, 0.3) is 0 Å². The van der Waals surface area contributed by atoms with Crippen molar-refractivity contribution in [3.8, 4) is 0 Å². The van der Waals surface area contributed by atoms with E-state index < -0.39 is 0 Å². The molecule has 1 atom stereocenters. The summed E-state index contributed by atoms with van der Waals surface area (Å²) in [6.07, 6.45) is 7.14. The highest BCUT2D eigenvalue weighted by Gasteiger charge is 2.23. The van der Waals surface area contributed by atoms with E-state index in [1.54, 1.807) is 0 Å². The molecule has 2 N–H and O–H groups in total. The average molecular weight is 196 g/mol. The molecule has 0 spiro atoms. The molecule has 1 heterocycles. The van der Waals surface area contributed by atoms with Crippen molar-refractivity contribution in [2.75, 3.05) is 13.1 Å². The zero-order valence-corrected chi connectivity index (χ0v) is 8.72. The second-order valence-corrected chi connectivity index (χ2v) is 4.52. The lowest BCUT2D eigenvalue weighted by molar-refractivity contribution is -0.124. The molecule has 1 aliphatic carbocycles. The number of hydrogen-bond acceptors (Lipinski definition) is 2. The fourth-order valence-corrected chi connectivity index (χ4v) is 2.49. The van der Waals surface area contributed by atoms with Gasteiger partial charge >= 0.3 is 0 Å². The third-order valence-corrected chi connectivity index (χ3v) is 3.41. The minimum atomic E-state index is 0.288. The van der Waals surface area contributed by atoms with Crippen LogP contribution < -0.4 is 10.6 Å². The summed E-state index contributed by atoms with van der Waals surface area (Å²) in [5.41, 5.74) is 0. The lowest BCUT2D eigenvalue weighted by atomic mass is 10.1. The highest BCUT2D eigenvalue weighted by Crippen LogP contribution is 2.24. The molecular weight excluding hydrogens is 176 g/mol. The summed E-state index contributed by atoms with van der Waals surface area (Å²) >= 11 is 0. The Morgan fingerprint density at radius 1 is 1.21 bits per heavy atom. The van der Waals surface area contributed by atoms with E-state index in [0.717, 1.165) is 25.9 Å². The predicted molar refractivity (Wildman–Crippen MR) is 56.0 cm³/mol. The molecule has 2 aliphatic rings. The van der Waals surface area contributed by atoms with Gasteiger partial charge in [-0.05, 0) is 32.2 Å². The maximum absolute atomic E-state index is 11.7. The summed E-state index contributed by atoms with van der Waals surface area (Å²) in [6.45, 7) is 1.94. The third kappa shape index (κ3) is 2.47. The van der Waals surface area contributed by atoms with Crippen molar-refractivity contribution in [2.45, 2.75) is 44.6 Å². The highest BCUT2D eigenvalue weighted by molar-refractivity contribution is 5.78. The van der Waals surface area contributed by atoms with Gasteiger partial charge in [-0.25, -0.2) is 0 Å². The first-order valence-electron chi connectivity index (χ1n) is 5.87. The minimum absolute atomic E-state index is 0.288. The zero-order valence-electron chi connectivity index (χ0n) is 8.72. The van der Waals surface area contributed by atoms with Gasteiger partial charge in [-0.2, -0.15) is 0 Å². The predicted octanol–water partition coefficient (Wildman–Crippen LogP) is 1.04. The van der Waals surface area contributed by atoms with Crippen LogP contribution in [0, 0.1) is 5.92 Å². The van der Waals surface area contributed by atoms with Gasteiger partial charge in [-0.1, -0.05) is 12.8 Å². The molecule has 1 saturated carbocycles. The maximum Gasteiger partial charge on any atom is 0.223 e. The van der Waals surface area contributed by atoms with E-state index in [1.165, 1.54) is 25.7 Å². The Kier molecular flexibility index (Phi) is 3.40. The van der Waals surface area contributed by atoms with Gasteiger partial charge in [-0.15, -0.1) is 0 Å². The number of hydrogen-bond donors (Lipinski definition) is 2. The lowest BCUT2D eigenvalue weighted by Crippen LogP contribution is -2.39. The average Bonchev–Trinajstić information content (AvgIpc) is 2.87. The molecule has 14 heavy (non-hydrogen) atoms. The smallest absolute Gasteiger partial charge is 0.223 e. The minimum Gasteiger partial charge on any atom is -0.354 e. The molecular formula is C11H20N2O. The summed E-state index contributed by atoms with van der Waals surface area (Å²) in [5, 5.41) is 6.45. The molecule has 2 fully saturated rings. The normalized spacial score (nSPS) is 28.1. The van der Waals surface area contributed by atoms with Gasteiger partial charge in [0, 0.05) is 18.5 Å². The monoisotopic (exact) mass is 196 g/mol. The van der Waals surface area contributed by atoms with E-state index in [0.29, 0.717) is 12.0 Å².